The molecule has 0 saturated heterocycles. The first kappa shape index (κ1) is 16.8. The van der Waals surface area contributed by atoms with Crippen molar-refractivity contribution in [2.45, 2.75) is 26.0 Å². The number of rotatable bonds is 8. The number of carbonyl (C=O) groups is 1. The van der Waals surface area contributed by atoms with Crippen molar-refractivity contribution < 1.29 is 19.4 Å². The SMILES string of the molecule is CCOC(=O)CC(O)CNCc1c(Cl)cccc1OC. The number of benzene rings is 1. The summed E-state index contributed by atoms with van der Waals surface area (Å²) in [5, 5.41) is 13.3. The van der Waals surface area contributed by atoms with E-state index in [0.717, 1.165) is 5.56 Å². The van der Waals surface area contributed by atoms with Gasteiger partial charge in [-0.25, -0.2) is 0 Å². The van der Waals surface area contributed by atoms with Crippen LogP contribution in [0.15, 0.2) is 18.2 Å². The average molecular weight is 302 g/mol. The number of nitrogens with one attached hydrogen (secondary N) is 1. The molecule has 0 bridgehead atoms. The molecule has 5 nitrogen and oxygen atoms in total. The Bertz CT molecular complexity index is 439. The van der Waals surface area contributed by atoms with E-state index in [0.29, 0.717) is 23.9 Å². The summed E-state index contributed by atoms with van der Waals surface area (Å²) in [6, 6.07) is 5.40. The second kappa shape index (κ2) is 8.79. The number of methoxy groups -OCH3 is 1. The Morgan fingerprint density at radius 3 is 2.90 bits per heavy atom. The minimum Gasteiger partial charge on any atom is -0.496 e. The smallest absolute Gasteiger partial charge is 0.308 e. The van der Waals surface area contributed by atoms with E-state index >= 15 is 0 Å². The van der Waals surface area contributed by atoms with E-state index in [9.17, 15) is 9.90 Å². The molecule has 1 unspecified atom stereocenters. The molecule has 112 valence electrons. The van der Waals surface area contributed by atoms with E-state index in [-0.39, 0.29) is 13.0 Å². The van der Waals surface area contributed by atoms with Gasteiger partial charge in [0.05, 0.1) is 26.2 Å². The number of ether oxygens (including phenoxy) is 2. The molecule has 1 aromatic carbocycles. The monoisotopic (exact) mass is 301 g/mol. The van der Waals surface area contributed by atoms with E-state index in [1.54, 1.807) is 26.2 Å². The number of hydrogen-bond donors (Lipinski definition) is 2. The molecular weight excluding hydrogens is 282 g/mol. The van der Waals surface area contributed by atoms with Crippen molar-refractivity contribution in [1.29, 1.82) is 0 Å². The molecule has 1 rings (SSSR count). The maximum atomic E-state index is 11.2. The number of halogens is 1. The van der Waals surface area contributed by atoms with Gasteiger partial charge in [-0.05, 0) is 19.1 Å². The van der Waals surface area contributed by atoms with Crippen LogP contribution in [0.2, 0.25) is 5.02 Å². The minimum atomic E-state index is -0.789. The first-order chi connectivity index (χ1) is 9.58. The third-order valence-electron chi connectivity index (χ3n) is 2.69. The Morgan fingerprint density at radius 2 is 2.25 bits per heavy atom. The molecule has 20 heavy (non-hydrogen) atoms. The molecule has 1 atom stereocenters. The standard InChI is InChI=1S/C14H20ClNO4/c1-3-20-14(18)7-10(17)8-16-9-11-12(15)5-4-6-13(11)19-2/h4-6,10,16-17H,3,7-9H2,1-2H3. The van der Waals surface area contributed by atoms with Crippen LogP contribution in [0, 0.1) is 0 Å². The van der Waals surface area contributed by atoms with Crippen LogP contribution >= 0.6 is 11.6 Å². The summed E-state index contributed by atoms with van der Waals surface area (Å²) in [6.45, 7) is 2.76. The van der Waals surface area contributed by atoms with Crippen molar-refractivity contribution in [2.75, 3.05) is 20.3 Å². The zero-order valence-corrected chi connectivity index (χ0v) is 12.4. The van der Waals surface area contributed by atoms with Gasteiger partial charge in [-0.1, -0.05) is 17.7 Å². The number of hydrogen-bond acceptors (Lipinski definition) is 5. The number of carbonyl (C=O) groups excluding carboxylic acids is 1. The van der Waals surface area contributed by atoms with E-state index in [2.05, 4.69) is 5.32 Å². The quantitative estimate of drug-likeness (QED) is 0.716. The summed E-state index contributed by atoms with van der Waals surface area (Å²) in [4.78, 5) is 11.2. The van der Waals surface area contributed by atoms with Gasteiger partial charge < -0.3 is 19.9 Å². The van der Waals surface area contributed by atoms with Crippen LogP contribution in [0.3, 0.4) is 0 Å². The summed E-state index contributed by atoms with van der Waals surface area (Å²) in [7, 11) is 1.57. The van der Waals surface area contributed by atoms with E-state index in [4.69, 9.17) is 21.1 Å². The van der Waals surface area contributed by atoms with Crippen LogP contribution in [0.4, 0.5) is 0 Å². The molecule has 0 aliphatic carbocycles. The maximum absolute atomic E-state index is 11.2. The highest BCUT2D eigenvalue weighted by Crippen LogP contribution is 2.25. The molecule has 1 aromatic rings. The lowest BCUT2D eigenvalue weighted by molar-refractivity contribution is -0.145. The summed E-state index contributed by atoms with van der Waals surface area (Å²) in [6.07, 6.45) is -0.817. The van der Waals surface area contributed by atoms with Crippen LogP contribution in [0.25, 0.3) is 0 Å². The highest BCUT2D eigenvalue weighted by Gasteiger charge is 2.12. The second-order valence-electron chi connectivity index (χ2n) is 4.21. The molecule has 0 aromatic heterocycles. The molecule has 0 radical (unpaired) electrons. The van der Waals surface area contributed by atoms with Crippen LogP contribution in [0.1, 0.15) is 18.9 Å². The number of aliphatic hydroxyl groups excluding tert-OH is 1. The lowest BCUT2D eigenvalue weighted by atomic mass is 10.2. The molecule has 0 aliphatic heterocycles. The van der Waals surface area contributed by atoms with E-state index in [1.807, 2.05) is 6.07 Å². The van der Waals surface area contributed by atoms with Crippen LogP contribution in [-0.4, -0.2) is 37.4 Å². The van der Waals surface area contributed by atoms with Crippen molar-refractivity contribution in [3.8, 4) is 5.75 Å². The van der Waals surface area contributed by atoms with Gasteiger partial charge in [-0.15, -0.1) is 0 Å². The van der Waals surface area contributed by atoms with Crippen molar-refractivity contribution in [3.05, 3.63) is 28.8 Å². The molecule has 0 fully saturated rings. The fraction of sp³-hybridized carbons (Fsp3) is 0.500. The summed E-state index contributed by atoms with van der Waals surface area (Å²) >= 11 is 6.09. The van der Waals surface area contributed by atoms with Gasteiger partial charge in [-0.3, -0.25) is 4.79 Å². The summed E-state index contributed by atoms with van der Waals surface area (Å²) < 4.78 is 9.98. The molecular formula is C14H20ClNO4. The van der Waals surface area contributed by atoms with Gasteiger partial charge in [-0.2, -0.15) is 0 Å². The molecule has 0 spiro atoms. The predicted molar refractivity (Wildman–Crippen MR) is 77.0 cm³/mol. The lowest BCUT2D eigenvalue weighted by Gasteiger charge is -2.14. The fourth-order valence-electron chi connectivity index (χ4n) is 1.75. The minimum absolute atomic E-state index is 0.0273. The summed E-state index contributed by atoms with van der Waals surface area (Å²) in [5.74, 6) is 0.280. The topological polar surface area (TPSA) is 67.8 Å². The van der Waals surface area contributed by atoms with Crippen molar-refractivity contribution in [2.24, 2.45) is 0 Å². The fourth-order valence-corrected chi connectivity index (χ4v) is 1.98. The first-order valence-corrected chi connectivity index (χ1v) is 6.82. The van der Waals surface area contributed by atoms with Crippen molar-refractivity contribution >= 4 is 17.6 Å². The largest absolute Gasteiger partial charge is 0.496 e. The van der Waals surface area contributed by atoms with E-state index in [1.165, 1.54) is 0 Å². The van der Waals surface area contributed by atoms with Crippen LogP contribution in [-0.2, 0) is 16.1 Å². The van der Waals surface area contributed by atoms with Gasteiger partial charge in [0.2, 0.25) is 0 Å². The van der Waals surface area contributed by atoms with Crippen LogP contribution in [0.5, 0.6) is 5.75 Å². The molecule has 6 heteroatoms. The maximum Gasteiger partial charge on any atom is 0.308 e. The van der Waals surface area contributed by atoms with Gasteiger partial charge in [0.1, 0.15) is 5.75 Å². The molecule has 2 N–H and O–H groups in total. The predicted octanol–water partition coefficient (Wildman–Crippen LogP) is 1.75. The Kier molecular flexibility index (Phi) is 7.36. The van der Waals surface area contributed by atoms with Crippen molar-refractivity contribution in [3.63, 3.8) is 0 Å². The van der Waals surface area contributed by atoms with E-state index < -0.39 is 12.1 Å². The molecule has 0 amide bonds. The normalized spacial score (nSPS) is 12.0. The zero-order valence-electron chi connectivity index (χ0n) is 11.7. The summed E-state index contributed by atoms with van der Waals surface area (Å²) in [5.41, 5.74) is 0.819. The van der Waals surface area contributed by atoms with Gasteiger partial charge in [0, 0.05) is 23.7 Å². The third kappa shape index (κ3) is 5.36. The number of esters is 1. The Labute approximate surface area is 123 Å². The third-order valence-corrected chi connectivity index (χ3v) is 3.04. The zero-order chi connectivity index (χ0) is 15.0. The second-order valence-corrected chi connectivity index (χ2v) is 4.62. The molecule has 0 aliphatic rings. The first-order valence-electron chi connectivity index (χ1n) is 6.44. The van der Waals surface area contributed by atoms with Crippen molar-refractivity contribution in [1.82, 2.24) is 5.32 Å². The Hall–Kier alpha value is -1.30. The number of aliphatic hydroxyl groups is 1. The van der Waals surface area contributed by atoms with Crippen LogP contribution < -0.4 is 10.1 Å². The average Bonchev–Trinajstić information content (AvgIpc) is 2.40. The molecule has 0 saturated carbocycles. The van der Waals surface area contributed by atoms with Gasteiger partial charge >= 0.3 is 5.97 Å². The Balaban J connectivity index is 2.43. The lowest BCUT2D eigenvalue weighted by Crippen LogP contribution is -2.29. The Morgan fingerprint density at radius 1 is 1.50 bits per heavy atom. The van der Waals surface area contributed by atoms with Gasteiger partial charge in [0.25, 0.3) is 0 Å². The highest BCUT2D eigenvalue weighted by molar-refractivity contribution is 6.31. The highest BCUT2D eigenvalue weighted by atomic mass is 35.5. The molecule has 0 heterocycles. The van der Waals surface area contributed by atoms with Gasteiger partial charge in [0.15, 0.2) is 0 Å².